The van der Waals surface area contributed by atoms with Crippen LogP contribution in [0, 0.1) is 0 Å². The van der Waals surface area contributed by atoms with E-state index in [0.29, 0.717) is 48.0 Å². The van der Waals surface area contributed by atoms with Crippen LogP contribution in [-0.2, 0) is 51.9 Å². The molecular weight excluding hydrogens is 996 g/mol. The van der Waals surface area contributed by atoms with E-state index in [4.69, 9.17) is 9.05 Å². The summed E-state index contributed by atoms with van der Waals surface area (Å²) in [7, 11) is -3.77. The highest BCUT2D eigenvalue weighted by Gasteiger charge is 2.22. The molecule has 5 aromatic carbocycles. The Morgan fingerprint density at radius 1 is 0.547 bits per heavy atom. The number of hydrogen-bond acceptors (Lipinski definition) is 10. The van der Waals surface area contributed by atoms with Crippen molar-refractivity contribution in [3.8, 4) is 0 Å². The summed E-state index contributed by atoms with van der Waals surface area (Å²) < 4.78 is 54.7. The Labute approximate surface area is 456 Å². The maximum Gasteiger partial charge on any atom is 0.334 e. The van der Waals surface area contributed by atoms with Crippen molar-refractivity contribution < 1.29 is 35.8 Å². The number of piperazine rings is 1. The highest BCUT2D eigenvalue weighted by molar-refractivity contribution is 7.89. The van der Waals surface area contributed by atoms with E-state index in [0.717, 1.165) is 60.5 Å². The second kappa shape index (κ2) is 33.7. The fraction of sp³-hybridized carbons (Fsp3) is 0.484. The molecule has 10 nitrogen and oxygen atoms in total. The summed E-state index contributed by atoms with van der Waals surface area (Å²) in [4.78, 5) is 27.9. The molecule has 1 aliphatic rings. The van der Waals surface area contributed by atoms with E-state index in [1.807, 2.05) is 72.8 Å². The zero-order valence-corrected chi connectivity index (χ0v) is 50.7. The van der Waals surface area contributed by atoms with Crippen molar-refractivity contribution in [2.75, 3.05) is 66.0 Å². The van der Waals surface area contributed by atoms with Crippen LogP contribution >= 0.6 is 7.60 Å². The smallest absolute Gasteiger partial charge is 0.312 e. The zero-order chi connectivity index (χ0) is 56.5. The van der Waals surface area contributed by atoms with E-state index >= 15 is 0 Å². The number of hydrogen-bond donors (Lipinski definition) is 0. The first-order valence-electron chi connectivity index (χ1n) is 26.3. The minimum atomic E-state index is -2.94. The molecule has 1 atom stereocenters. The van der Waals surface area contributed by atoms with Crippen LogP contribution in [0.5, 0.6) is 0 Å². The normalized spacial score (nSPS) is 13.5. The van der Waals surface area contributed by atoms with Gasteiger partial charge in [-0.3, -0.25) is 23.3 Å². The Balaban J connectivity index is 0.000000325. The minimum absolute atomic E-state index is 0.130. The lowest BCUT2D eigenvalue weighted by atomic mass is 10.0. The third-order valence-electron chi connectivity index (χ3n) is 12.8. The van der Waals surface area contributed by atoms with E-state index in [2.05, 4.69) is 134 Å². The van der Waals surface area contributed by atoms with Gasteiger partial charge in [-0.25, -0.2) is 8.42 Å². The van der Waals surface area contributed by atoms with Crippen LogP contribution in [0.1, 0.15) is 178 Å². The van der Waals surface area contributed by atoms with Crippen LogP contribution in [0.3, 0.4) is 0 Å². The van der Waals surface area contributed by atoms with Gasteiger partial charge in [0.05, 0.1) is 18.5 Å². The molecule has 0 radical (unpaired) electrons. The van der Waals surface area contributed by atoms with Crippen molar-refractivity contribution in [2.45, 2.75) is 130 Å². The average Bonchev–Trinajstić information content (AvgIpc) is 3.37. The summed E-state index contributed by atoms with van der Waals surface area (Å²) in [6.07, 6.45) is 3.30. The number of ketones is 2. The molecule has 0 saturated carbocycles. The van der Waals surface area contributed by atoms with Gasteiger partial charge in [-0.15, -0.1) is 0 Å². The van der Waals surface area contributed by atoms with Crippen molar-refractivity contribution in [1.29, 1.82) is 0 Å². The summed E-state index contributed by atoms with van der Waals surface area (Å²) >= 11 is 0. The topological polar surface area (TPSA) is 127 Å². The van der Waals surface area contributed by atoms with Gasteiger partial charge < -0.3 is 13.9 Å². The highest BCUT2D eigenvalue weighted by Crippen LogP contribution is 2.49. The van der Waals surface area contributed by atoms with E-state index in [-0.39, 0.29) is 17.3 Å². The number of sulfone groups is 1. The van der Waals surface area contributed by atoms with Gasteiger partial charge in [-0.1, -0.05) is 197 Å². The molecule has 5 aromatic rings. The molecular formula is C62H91N2O8PS2. The third-order valence-corrected chi connectivity index (χ3v) is 16.3. The molecule has 0 amide bonds. The molecule has 6 rings (SSSR count). The largest absolute Gasteiger partial charge is 0.334 e. The van der Waals surface area contributed by atoms with Crippen molar-refractivity contribution in [3.63, 3.8) is 0 Å². The standard InChI is InChI=1S/C17H26N2O.C12H19O3P.C11H16O2S.C11H16OS.C11H14O/c1-4-18-9-11-19(12-10-18)13-17(20)16-7-5-15(6-8-16)14(2)3;1-10(2)12-7-5-11(6-8-12)9-16(13,14-3)15-4;1-9(2)11-6-4-10(5-7-11)8-14(3,12)13;1-9(2)11-6-4-10(5-7-11)8-13(3)12;1-8(2)10-4-6-11(7-5-10)9(3)12/h5-8,14H,4,9-13H2,1-3H3;5-8,10H,9H2,1-4H3;4-7,9H,8H2,1-3H3;4-7,9H,8H2,1-3H3;4-8H,1-3H3. The molecule has 1 fully saturated rings. The maximum atomic E-state index is 12.3. The molecule has 1 unspecified atom stereocenters. The quantitative estimate of drug-likeness (QED) is 0.0618. The van der Waals surface area contributed by atoms with Gasteiger partial charge in [0.15, 0.2) is 21.4 Å². The van der Waals surface area contributed by atoms with Crippen LogP contribution in [0.2, 0.25) is 0 Å². The molecule has 75 heavy (non-hydrogen) atoms. The van der Waals surface area contributed by atoms with E-state index in [9.17, 15) is 26.8 Å². The Morgan fingerprint density at radius 3 is 1.17 bits per heavy atom. The number of rotatable bonds is 18. The lowest BCUT2D eigenvalue weighted by Gasteiger charge is -2.33. The third kappa shape index (κ3) is 26.5. The molecule has 0 spiro atoms. The summed E-state index contributed by atoms with van der Waals surface area (Å²) in [5.74, 6) is 3.78. The molecule has 0 N–H and O–H groups in total. The van der Waals surface area contributed by atoms with Gasteiger partial charge in [0.1, 0.15) is 0 Å². The lowest BCUT2D eigenvalue weighted by Crippen LogP contribution is -2.47. The fourth-order valence-electron chi connectivity index (χ4n) is 7.68. The van der Waals surface area contributed by atoms with Crippen LogP contribution in [0.25, 0.3) is 0 Å². The first-order chi connectivity index (χ1) is 35.2. The SMILES string of the molecule is CC(=O)c1ccc(C(C)C)cc1.CC(C)c1ccc(CS(C)(=O)=O)cc1.CC(C)c1ccc(CS(C)=O)cc1.CCN1CCN(CC(=O)c2ccc(C(C)C)cc2)CC1.COP(=O)(Cc1ccc(C(C)C)cc1)OC. The van der Waals surface area contributed by atoms with Gasteiger partial charge in [-0.05, 0) is 87.6 Å². The zero-order valence-electron chi connectivity index (χ0n) is 48.2. The molecule has 1 aliphatic heterocycles. The number of Topliss-reactive ketones (excluding diaryl/α,β-unsaturated/α-hetero) is 2. The molecule has 0 aliphatic carbocycles. The Hall–Kier alpha value is -4.39. The summed E-state index contributed by atoms with van der Waals surface area (Å²) in [6, 6.07) is 40.1. The van der Waals surface area contributed by atoms with E-state index in [1.54, 1.807) is 13.2 Å². The number of benzene rings is 5. The van der Waals surface area contributed by atoms with Gasteiger partial charge in [0, 0.05) is 80.6 Å². The maximum absolute atomic E-state index is 12.3. The van der Waals surface area contributed by atoms with Crippen molar-refractivity contribution in [3.05, 3.63) is 177 Å². The minimum Gasteiger partial charge on any atom is -0.312 e. The number of likely N-dealkylation sites (N-methyl/N-ethyl adjacent to an activating group) is 1. The molecule has 13 heteroatoms. The van der Waals surface area contributed by atoms with Crippen LogP contribution < -0.4 is 0 Å². The lowest BCUT2D eigenvalue weighted by molar-refractivity contribution is 0.0858. The Bertz CT molecular complexity index is 2600. The van der Waals surface area contributed by atoms with Crippen LogP contribution in [0.4, 0.5) is 0 Å². The van der Waals surface area contributed by atoms with Crippen molar-refractivity contribution >= 4 is 39.8 Å². The first-order valence-corrected chi connectivity index (χ1v) is 31.8. The molecule has 0 bridgehead atoms. The summed E-state index contributed by atoms with van der Waals surface area (Å²) in [5, 5.41) is 0. The fourth-order valence-corrected chi connectivity index (χ4v) is 10.2. The monoisotopic (exact) mass is 1090 g/mol. The van der Waals surface area contributed by atoms with Gasteiger partial charge in [-0.2, -0.15) is 0 Å². The van der Waals surface area contributed by atoms with Crippen LogP contribution in [-0.4, -0.2) is 100.0 Å². The number of nitrogens with zero attached hydrogens (tertiary/aromatic N) is 2. The molecule has 0 aromatic heterocycles. The molecule has 414 valence electrons. The summed E-state index contributed by atoms with van der Waals surface area (Å²) in [5.41, 5.74) is 11.0. The first kappa shape index (κ1) is 66.7. The van der Waals surface area contributed by atoms with Gasteiger partial charge in [0.25, 0.3) is 0 Å². The second-order valence-electron chi connectivity index (χ2n) is 20.9. The van der Waals surface area contributed by atoms with Crippen molar-refractivity contribution in [2.24, 2.45) is 0 Å². The summed E-state index contributed by atoms with van der Waals surface area (Å²) in [6.45, 7) is 31.1. The van der Waals surface area contributed by atoms with E-state index < -0.39 is 28.2 Å². The van der Waals surface area contributed by atoms with Crippen LogP contribution in [0.15, 0.2) is 121 Å². The molecule has 1 heterocycles. The molecule has 1 saturated heterocycles. The van der Waals surface area contributed by atoms with Crippen molar-refractivity contribution in [1.82, 2.24) is 9.80 Å². The predicted molar refractivity (Wildman–Crippen MR) is 317 cm³/mol. The van der Waals surface area contributed by atoms with E-state index in [1.165, 1.54) is 48.3 Å². The van der Waals surface area contributed by atoms with Gasteiger partial charge >= 0.3 is 7.60 Å². The Kier molecular flexibility index (Phi) is 30.0. The Morgan fingerprint density at radius 2 is 0.867 bits per heavy atom. The highest BCUT2D eigenvalue weighted by atomic mass is 32.2. The predicted octanol–water partition coefficient (Wildman–Crippen LogP) is 14.5. The van der Waals surface area contributed by atoms with Gasteiger partial charge in [0.2, 0.25) is 0 Å². The number of carbonyl (C=O) groups is 2. The average molecular weight is 1090 g/mol. The number of carbonyl (C=O) groups excluding carboxylic acids is 2. The second-order valence-corrected chi connectivity index (χ2v) is 26.7.